The third kappa shape index (κ3) is 2.41. The second-order valence-corrected chi connectivity index (χ2v) is 5.13. The number of piperidine rings is 1. The van der Waals surface area contributed by atoms with Crippen LogP contribution in [0.1, 0.15) is 42.9 Å². The van der Waals surface area contributed by atoms with Gasteiger partial charge in [-0.2, -0.15) is 5.10 Å². The van der Waals surface area contributed by atoms with Crippen LogP contribution in [0.2, 0.25) is 0 Å². The monoisotopic (exact) mass is 250 g/mol. The molecule has 1 amide bonds. The van der Waals surface area contributed by atoms with Gasteiger partial charge in [0.25, 0.3) is 5.91 Å². The fraction of sp³-hybridized carbons (Fsp3) is 0.692. The summed E-state index contributed by atoms with van der Waals surface area (Å²) in [6.07, 6.45) is 2.61. The van der Waals surface area contributed by atoms with Gasteiger partial charge in [-0.3, -0.25) is 9.48 Å². The fourth-order valence-corrected chi connectivity index (χ4v) is 2.56. The lowest BCUT2D eigenvalue weighted by atomic mass is 9.99. The Morgan fingerprint density at radius 1 is 1.61 bits per heavy atom. The standard InChI is InChI=1S/C13H22N4O/c1-4-11-8-12(16(3)15-11)13(18)17-6-5-10(14)7-9(17)2/h8-10H,4-7,14H2,1-3H3. The lowest BCUT2D eigenvalue weighted by Gasteiger charge is -2.36. The van der Waals surface area contributed by atoms with Gasteiger partial charge in [-0.15, -0.1) is 0 Å². The summed E-state index contributed by atoms with van der Waals surface area (Å²) in [5.41, 5.74) is 7.56. The molecule has 5 nitrogen and oxygen atoms in total. The van der Waals surface area contributed by atoms with Crippen LogP contribution in [0.15, 0.2) is 6.07 Å². The Morgan fingerprint density at radius 3 is 2.89 bits per heavy atom. The Bertz CT molecular complexity index is 440. The predicted molar refractivity (Wildman–Crippen MR) is 70.3 cm³/mol. The van der Waals surface area contributed by atoms with E-state index in [0.717, 1.165) is 31.5 Å². The molecule has 2 unspecified atom stereocenters. The van der Waals surface area contributed by atoms with Crippen LogP contribution in [-0.2, 0) is 13.5 Å². The molecule has 1 aromatic heterocycles. The molecule has 0 aromatic carbocycles. The van der Waals surface area contributed by atoms with Gasteiger partial charge in [0, 0.05) is 25.7 Å². The van der Waals surface area contributed by atoms with Crippen LogP contribution in [0.3, 0.4) is 0 Å². The lowest BCUT2D eigenvalue weighted by molar-refractivity contribution is 0.0607. The van der Waals surface area contributed by atoms with Crippen LogP contribution in [-0.4, -0.2) is 39.2 Å². The molecule has 2 N–H and O–H groups in total. The van der Waals surface area contributed by atoms with Crippen LogP contribution in [0, 0.1) is 0 Å². The molecule has 0 bridgehead atoms. The molecule has 1 fully saturated rings. The van der Waals surface area contributed by atoms with Crippen LogP contribution in [0.5, 0.6) is 0 Å². The van der Waals surface area contributed by atoms with Gasteiger partial charge in [0.2, 0.25) is 0 Å². The molecule has 1 aliphatic heterocycles. The number of amides is 1. The highest BCUT2D eigenvalue weighted by Gasteiger charge is 2.29. The van der Waals surface area contributed by atoms with Crippen LogP contribution < -0.4 is 5.73 Å². The van der Waals surface area contributed by atoms with E-state index in [9.17, 15) is 4.79 Å². The minimum Gasteiger partial charge on any atom is -0.335 e. The van der Waals surface area contributed by atoms with Crippen molar-refractivity contribution in [3.05, 3.63) is 17.5 Å². The topological polar surface area (TPSA) is 64.2 Å². The zero-order valence-electron chi connectivity index (χ0n) is 11.4. The summed E-state index contributed by atoms with van der Waals surface area (Å²) >= 11 is 0. The van der Waals surface area contributed by atoms with E-state index in [0.29, 0.717) is 5.69 Å². The van der Waals surface area contributed by atoms with E-state index in [1.165, 1.54) is 0 Å². The van der Waals surface area contributed by atoms with Gasteiger partial charge in [-0.05, 0) is 32.3 Å². The first-order valence-corrected chi connectivity index (χ1v) is 6.62. The van der Waals surface area contributed by atoms with Gasteiger partial charge in [-0.25, -0.2) is 0 Å². The Kier molecular flexibility index (Phi) is 3.71. The van der Waals surface area contributed by atoms with E-state index in [1.54, 1.807) is 4.68 Å². The van der Waals surface area contributed by atoms with Crippen molar-refractivity contribution in [2.75, 3.05) is 6.54 Å². The number of hydrogen-bond donors (Lipinski definition) is 1. The molecule has 1 aromatic rings. The van der Waals surface area contributed by atoms with Crippen molar-refractivity contribution in [2.24, 2.45) is 12.8 Å². The molecule has 1 saturated heterocycles. The highest BCUT2D eigenvalue weighted by molar-refractivity contribution is 5.93. The minimum absolute atomic E-state index is 0.0732. The third-order valence-electron chi connectivity index (χ3n) is 3.69. The van der Waals surface area contributed by atoms with Crippen LogP contribution >= 0.6 is 0 Å². The van der Waals surface area contributed by atoms with Crippen LogP contribution in [0.4, 0.5) is 0 Å². The Labute approximate surface area is 108 Å². The summed E-state index contributed by atoms with van der Waals surface area (Å²) < 4.78 is 1.68. The first-order chi connectivity index (χ1) is 8.52. The van der Waals surface area contributed by atoms with Gasteiger partial charge in [0.15, 0.2) is 0 Å². The second-order valence-electron chi connectivity index (χ2n) is 5.13. The largest absolute Gasteiger partial charge is 0.335 e. The van der Waals surface area contributed by atoms with Crippen molar-refractivity contribution in [2.45, 2.75) is 45.2 Å². The molecular weight excluding hydrogens is 228 g/mol. The smallest absolute Gasteiger partial charge is 0.272 e. The normalized spacial score (nSPS) is 24.3. The van der Waals surface area contributed by atoms with Crippen molar-refractivity contribution in [1.82, 2.24) is 14.7 Å². The number of hydrogen-bond acceptors (Lipinski definition) is 3. The quantitative estimate of drug-likeness (QED) is 0.849. The molecule has 100 valence electrons. The molecular formula is C13H22N4O. The molecule has 0 radical (unpaired) electrons. The Hall–Kier alpha value is -1.36. The van der Waals surface area contributed by atoms with E-state index < -0.39 is 0 Å². The summed E-state index contributed by atoms with van der Waals surface area (Å²) in [6.45, 7) is 4.85. The summed E-state index contributed by atoms with van der Waals surface area (Å²) in [5.74, 6) is 0.0732. The second kappa shape index (κ2) is 5.10. The fourth-order valence-electron chi connectivity index (χ4n) is 2.56. The highest BCUT2D eigenvalue weighted by Crippen LogP contribution is 2.19. The molecule has 2 heterocycles. The van der Waals surface area contributed by atoms with E-state index in [-0.39, 0.29) is 18.0 Å². The summed E-state index contributed by atoms with van der Waals surface area (Å²) in [4.78, 5) is 14.4. The number of aromatic nitrogens is 2. The SMILES string of the molecule is CCc1cc(C(=O)N2CCC(N)CC2C)n(C)n1. The highest BCUT2D eigenvalue weighted by atomic mass is 16.2. The van der Waals surface area contributed by atoms with Crippen molar-refractivity contribution in [3.63, 3.8) is 0 Å². The summed E-state index contributed by atoms with van der Waals surface area (Å²) in [7, 11) is 1.83. The number of aryl methyl sites for hydroxylation is 2. The molecule has 1 aliphatic rings. The number of carbonyl (C=O) groups is 1. The van der Waals surface area contributed by atoms with Gasteiger partial charge in [0.05, 0.1) is 5.69 Å². The van der Waals surface area contributed by atoms with Gasteiger partial charge in [0.1, 0.15) is 5.69 Å². The maximum absolute atomic E-state index is 12.5. The third-order valence-corrected chi connectivity index (χ3v) is 3.69. The molecule has 2 atom stereocenters. The maximum atomic E-state index is 12.5. The van der Waals surface area contributed by atoms with E-state index in [2.05, 4.69) is 12.0 Å². The number of rotatable bonds is 2. The Balaban J connectivity index is 2.17. The van der Waals surface area contributed by atoms with Crippen molar-refractivity contribution in [1.29, 1.82) is 0 Å². The number of likely N-dealkylation sites (tertiary alicyclic amines) is 1. The first-order valence-electron chi connectivity index (χ1n) is 6.62. The van der Waals surface area contributed by atoms with Crippen molar-refractivity contribution < 1.29 is 4.79 Å². The Morgan fingerprint density at radius 2 is 2.33 bits per heavy atom. The summed E-state index contributed by atoms with van der Waals surface area (Å²) in [5, 5.41) is 4.33. The maximum Gasteiger partial charge on any atom is 0.272 e. The van der Waals surface area contributed by atoms with E-state index in [1.807, 2.05) is 24.9 Å². The zero-order chi connectivity index (χ0) is 13.3. The number of nitrogens with two attached hydrogens (primary N) is 1. The average molecular weight is 250 g/mol. The van der Waals surface area contributed by atoms with E-state index >= 15 is 0 Å². The van der Waals surface area contributed by atoms with Crippen LogP contribution in [0.25, 0.3) is 0 Å². The molecule has 0 aliphatic carbocycles. The average Bonchev–Trinajstić information content (AvgIpc) is 2.70. The first kappa shape index (κ1) is 13.1. The van der Waals surface area contributed by atoms with Crippen molar-refractivity contribution in [3.8, 4) is 0 Å². The zero-order valence-corrected chi connectivity index (χ0v) is 11.4. The molecule has 0 spiro atoms. The summed E-state index contributed by atoms with van der Waals surface area (Å²) in [6, 6.07) is 2.33. The van der Waals surface area contributed by atoms with Gasteiger partial charge < -0.3 is 10.6 Å². The van der Waals surface area contributed by atoms with Gasteiger partial charge >= 0.3 is 0 Å². The molecule has 5 heteroatoms. The van der Waals surface area contributed by atoms with Crippen molar-refractivity contribution >= 4 is 5.91 Å². The lowest BCUT2D eigenvalue weighted by Crippen LogP contribution is -2.48. The molecule has 2 rings (SSSR count). The van der Waals surface area contributed by atoms with Gasteiger partial charge in [-0.1, -0.05) is 6.92 Å². The minimum atomic E-state index is 0.0732. The molecule has 0 saturated carbocycles. The predicted octanol–water partition coefficient (Wildman–Crippen LogP) is 0.934. The number of nitrogens with zero attached hydrogens (tertiary/aromatic N) is 3. The molecule has 18 heavy (non-hydrogen) atoms. The number of carbonyl (C=O) groups excluding carboxylic acids is 1. The van der Waals surface area contributed by atoms with E-state index in [4.69, 9.17) is 5.73 Å².